The monoisotopic (exact) mass is 158 g/mol. The number of hydrogen-bond acceptors (Lipinski definition) is 1. The van der Waals surface area contributed by atoms with E-state index >= 15 is 0 Å². The zero-order valence-electron chi connectivity index (χ0n) is 5.90. The van der Waals surface area contributed by atoms with E-state index in [4.69, 9.17) is 11.6 Å². The summed E-state index contributed by atoms with van der Waals surface area (Å²) in [5.74, 6) is 1.69. The lowest BCUT2D eigenvalue weighted by atomic mass is 9.49. The Bertz CT molecular complexity index is 172. The van der Waals surface area contributed by atoms with Gasteiger partial charge in [0.2, 0.25) is 0 Å². The normalized spacial score (nSPS) is 35.3. The molecule has 2 rings (SSSR count). The second-order valence-electron chi connectivity index (χ2n) is 3.49. The topological polar surface area (TPSA) is 17.1 Å². The molecule has 0 aromatic rings. The zero-order valence-corrected chi connectivity index (χ0v) is 6.66. The lowest BCUT2D eigenvalue weighted by Crippen LogP contribution is -2.55. The SMILES string of the molecule is O=C1CC(CCl)C12CCC2. The molecule has 1 spiro atoms. The fourth-order valence-corrected chi connectivity index (χ4v) is 2.57. The number of Topliss-reactive ketones (excluding diaryl/α,β-unsaturated/α-hetero) is 1. The van der Waals surface area contributed by atoms with Crippen molar-refractivity contribution >= 4 is 17.4 Å². The van der Waals surface area contributed by atoms with Crippen LogP contribution in [0.5, 0.6) is 0 Å². The van der Waals surface area contributed by atoms with Crippen molar-refractivity contribution in [3.05, 3.63) is 0 Å². The first-order chi connectivity index (χ1) is 4.79. The van der Waals surface area contributed by atoms with Gasteiger partial charge in [-0.1, -0.05) is 6.42 Å². The molecule has 56 valence electrons. The predicted octanol–water partition coefficient (Wildman–Crippen LogP) is 1.98. The Labute approximate surface area is 65.7 Å². The largest absolute Gasteiger partial charge is 0.299 e. The van der Waals surface area contributed by atoms with Crippen molar-refractivity contribution < 1.29 is 4.79 Å². The van der Waals surface area contributed by atoms with Crippen molar-refractivity contribution in [2.24, 2.45) is 11.3 Å². The molecule has 2 aliphatic carbocycles. The van der Waals surface area contributed by atoms with Gasteiger partial charge in [-0.2, -0.15) is 0 Å². The summed E-state index contributed by atoms with van der Waals surface area (Å²) in [4.78, 5) is 11.1. The maximum atomic E-state index is 11.1. The summed E-state index contributed by atoms with van der Waals surface area (Å²) in [5.41, 5.74) is 0.0990. The van der Waals surface area contributed by atoms with E-state index in [-0.39, 0.29) is 5.41 Å². The van der Waals surface area contributed by atoms with Crippen molar-refractivity contribution in [3.63, 3.8) is 0 Å². The third kappa shape index (κ3) is 0.572. The van der Waals surface area contributed by atoms with Crippen LogP contribution in [0.15, 0.2) is 0 Å². The Morgan fingerprint density at radius 2 is 2.30 bits per heavy atom. The van der Waals surface area contributed by atoms with Gasteiger partial charge in [0, 0.05) is 17.7 Å². The van der Waals surface area contributed by atoms with E-state index in [2.05, 4.69) is 0 Å². The van der Waals surface area contributed by atoms with Gasteiger partial charge >= 0.3 is 0 Å². The molecule has 0 aromatic heterocycles. The third-order valence-corrected chi connectivity index (χ3v) is 3.57. The molecule has 0 radical (unpaired) electrons. The van der Waals surface area contributed by atoms with E-state index < -0.39 is 0 Å². The van der Waals surface area contributed by atoms with Crippen LogP contribution in [0.3, 0.4) is 0 Å². The van der Waals surface area contributed by atoms with Crippen LogP contribution in [-0.4, -0.2) is 11.7 Å². The highest BCUT2D eigenvalue weighted by molar-refractivity contribution is 6.19. The van der Waals surface area contributed by atoms with Crippen LogP contribution in [0.1, 0.15) is 25.7 Å². The minimum absolute atomic E-state index is 0.0990. The third-order valence-electron chi connectivity index (χ3n) is 3.20. The van der Waals surface area contributed by atoms with Crippen LogP contribution >= 0.6 is 11.6 Å². The molecule has 0 aliphatic heterocycles. The first-order valence-corrected chi connectivity index (χ1v) is 4.42. The molecule has 0 bridgehead atoms. The molecule has 1 atom stereocenters. The molecule has 0 aromatic carbocycles. The summed E-state index contributed by atoms with van der Waals surface area (Å²) in [6.45, 7) is 0. The van der Waals surface area contributed by atoms with Gasteiger partial charge < -0.3 is 0 Å². The number of hydrogen-bond donors (Lipinski definition) is 0. The van der Waals surface area contributed by atoms with E-state index in [1.54, 1.807) is 0 Å². The molecule has 1 nitrogen and oxygen atoms in total. The van der Waals surface area contributed by atoms with Crippen LogP contribution < -0.4 is 0 Å². The highest BCUT2D eigenvalue weighted by atomic mass is 35.5. The molecule has 2 heteroatoms. The minimum Gasteiger partial charge on any atom is -0.299 e. The number of halogens is 1. The Morgan fingerprint density at radius 1 is 1.60 bits per heavy atom. The Balaban J connectivity index is 2.10. The van der Waals surface area contributed by atoms with Crippen molar-refractivity contribution in [3.8, 4) is 0 Å². The molecule has 2 fully saturated rings. The highest BCUT2D eigenvalue weighted by Crippen LogP contribution is 2.57. The van der Waals surface area contributed by atoms with Gasteiger partial charge in [-0.25, -0.2) is 0 Å². The summed E-state index contributed by atoms with van der Waals surface area (Å²) in [6.07, 6.45) is 4.22. The Kier molecular flexibility index (Phi) is 1.31. The van der Waals surface area contributed by atoms with Gasteiger partial charge in [0.25, 0.3) is 0 Å². The maximum Gasteiger partial charge on any atom is 0.139 e. The van der Waals surface area contributed by atoms with Gasteiger partial charge in [-0.05, 0) is 18.8 Å². The fraction of sp³-hybridized carbons (Fsp3) is 0.875. The Morgan fingerprint density at radius 3 is 2.50 bits per heavy atom. The lowest BCUT2D eigenvalue weighted by molar-refractivity contribution is -0.153. The molecule has 0 heterocycles. The van der Waals surface area contributed by atoms with Crippen LogP contribution in [0, 0.1) is 11.3 Å². The average Bonchev–Trinajstić information content (AvgIpc) is 1.78. The molecule has 2 saturated carbocycles. The van der Waals surface area contributed by atoms with Crippen LogP contribution in [0.2, 0.25) is 0 Å². The number of carbonyl (C=O) groups is 1. The second-order valence-corrected chi connectivity index (χ2v) is 3.80. The number of alkyl halides is 1. The van der Waals surface area contributed by atoms with Crippen LogP contribution in [0.4, 0.5) is 0 Å². The van der Waals surface area contributed by atoms with Gasteiger partial charge in [-0.15, -0.1) is 11.6 Å². The smallest absolute Gasteiger partial charge is 0.139 e. The number of ketones is 1. The van der Waals surface area contributed by atoms with Crippen molar-refractivity contribution in [1.29, 1.82) is 0 Å². The standard InChI is InChI=1S/C8H11ClO/c9-5-6-4-7(10)8(6)2-1-3-8/h6H,1-5H2. The van der Waals surface area contributed by atoms with E-state index in [1.807, 2.05) is 0 Å². The molecular weight excluding hydrogens is 148 g/mol. The predicted molar refractivity (Wildman–Crippen MR) is 40.1 cm³/mol. The average molecular weight is 159 g/mol. The second kappa shape index (κ2) is 1.97. The van der Waals surface area contributed by atoms with Crippen LogP contribution in [0.25, 0.3) is 0 Å². The van der Waals surface area contributed by atoms with Crippen molar-refractivity contribution in [2.45, 2.75) is 25.7 Å². The van der Waals surface area contributed by atoms with Crippen molar-refractivity contribution in [2.75, 3.05) is 5.88 Å². The fourth-order valence-electron chi connectivity index (χ4n) is 2.17. The number of carbonyl (C=O) groups excluding carboxylic acids is 1. The molecule has 2 aliphatic rings. The number of rotatable bonds is 1. The van der Waals surface area contributed by atoms with E-state index in [0.29, 0.717) is 17.6 Å². The molecule has 0 amide bonds. The maximum absolute atomic E-state index is 11.1. The van der Waals surface area contributed by atoms with E-state index in [0.717, 1.165) is 19.3 Å². The first kappa shape index (κ1) is 6.66. The zero-order chi connectivity index (χ0) is 7.19. The quantitative estimate of drug-likeness (QED) is 0.534. The summed E-state index contributed by atoms with van der Waals surface area (Å²) >= 11 is 5.71. The van der Waals surface area contributed by atoms with E-state index in [9.17, 15) is 4.79 Å². The van der Waals surface area contributed by atoms with Gasteiger partial charge in [-0.3, -0.25) is 4.79 Å². The summed E-state index contributed by atoms with van der Waals surface area (Å²) in [7, 11) is 0. The summed E-state index contributed by atoms with van der Waals surface area (Å²) in [5, 5.41) is 0. The molecule has 1 unspecified atom stereocenters. The summed E-state index contributed by atoms with van der Waals surface area (Å²) in [6, 6.07) is 0. The lowest BCUT2D eigenvalue weighted by Gasteiger charge is -2.53. The molecule has 0 saturated heterocycles. The molecular formula is C8H11ClO. The highest BCUT2D eigenvalue weighted by Gasteiger charge is 2.57. The van der Waals surface area contributed by atoms with Gasteiger partial charge in [0.15, 0.2) is 0 Å². The summed E-state index contributed by atoms with van der Waals surface area (Å²) < 4.78 is 0. The minimum atomic E-state index is 0.0990. The molecule has 0 N–H and O–H groups in total. The van der Waals surface area contributed by atoms with E-state index in [1.165, 1.54) is 6.42 Å². The van der Waals surface area contributed by atoms with Gasteiger partial charge in [0.1, 0.15) is 5.78 Å². The Hall–Kier alpha value is -0.0400. The van der Waals surface area contributed by atoms with Crippen molar-refractivity contribution in [1.82, 2.24) is 0 Å². The first-order valence-electron chi connectivity index (χ1n) is 3.89. The molecule has 10 heavy (non-hydrogen) atoms. The van der Waals surface area contributed by atoms with Crippen LogP contribution in [-0.2, 0) is 4.79 Å². The van der Waals surface area contributed by atoms with Gasteiger partial charge in [0.05, 0.1) is 0 Å².